The Morgan fingerprint density at radius 1 is 0.914 bits per heavy atom. The lowest BCUT2D eigenvalue weighted by Gasteiger charge is -2.32. The molecule has 0 aliphatic carbocycles. The van der Waals surface area contributed by atoms with Gasteiger partial charge in [0.15, 0.2) is 0 Å². The summed E-state index contributed by atoms with van der Waals surface area (Å²) in [6.45, 7) is 7.00. The molecule has 4 nitrogen and oxygen atoms in total. The topological polar surface area (TPSA) is 49.4 Å². The van der Waals surface area contributed by atoms with Crippen molar-refractivity contribution in [3.05, 3.63) is 106 Å². The molecule has 1 atom stereocenters. The van der Waals surface area contributed by atoms with Crippen molar-refractivity contribution in [3.63, 3.8) is 0 Å². The summed E-state index contributed by atoms with van der Waals surface area (Å²) in [5.41, 5.74) is 5.00. The molecule has 0 unspecified atom stereocenters. The maximum Gasteiger partial charge on any atom is 0.243 e. The van der Waals surface area contributed by atoms with E-state index in [1.807, 2.05) is 80.6 Å². The van der Waals surface area contributed by atoms with Gasteiger partial charge in [0.05, 0.1) is 6.42 Å². The van der Waals surface area contributed by atoms with Crippen molar-refractivity contribution in [1.82, 2.24) is 10.2 Å². The molecule has 0 saturated heterocycles. The van der Waals surface area contributed by atoms with Crippen molar-refractivity contribution < 1.29 is 9.59 Å². The SMILES string of the molecule is CCCCNC(=O)[C@H](Cc1ccccc1)N(Cc1ccccc1Cl)C(=O)Cc1cc(C)cc(C)c1. The third kappa shape index (κ3) is 7.97. The van der Waals surface area contributed by atoms with E-state index in [4.69, 9.17) is 11.6 Å². The van der Waals surface area contributed by atoms with Crippen LogP contribution in [-0.2, 0) is 29.0 Å². The van der Waals surface area contributed by atoms with Gasteiger partial charge in [-0.1, -0.05) is 103 Å². The van der Waals surface area contributed by atoms with Gasteiger partial charge in [-0.3, -0.25) is 9.59 Å². The zero-order chi connectivity index (χ0) is 25.2. The summed E-state index contributed by atoms with van der Waals surface area (Å²) >= 11 is 6.48. The molecule has 35 heavy (non-hydrogen) atoms. The Bertz CT molecular complexity index is 1110. The molecule has 3 rings (SSSR count). The molecule has 0 aliphatic rings. The number of nitrogens with zero attached hydrogens (tertiary/aromatic N) is 1. The third-order valence-corrected chi connectivity index (χ3v) is 6.40. The van der Waals surface area contributed by atoms with Crippen LogP contribution in [0.1, 0.15) is 47.6 Å². The molecule has 0 radical (unpaired) electrons. The molecule has 0 bridgehead atoms. The second-order valence-corrected chi connectivity index (χ2v) is 9.54. The average molecular weight is 491 g/mol. The minimum atomic E-state index is -0.649. The number of carbonyl (C=O) groups excluding carboxylic acids is 2. The standard InChI is InChI=1S/C30H35ClN2O2/c1-4-5-15-32-30(35)28(19-24-11-7-6-8-12-24)33(21-26-13-9-10-14-27(26)31)29(34)20-25-17-22(2)16-23(3)18-25/h6-14,16-18,28H,4-5,15,19-21H2,1-3H3,(H,32,35)/t28-/m0/s1. The van der Waals surface area contributed by atoms with Crippen molar-refractivity contribution in [2.75, 3.05) is 6.54 Å². The minimum absolute atomic E-state index is 0.0958. The number of aryl methyl sites for hydroxylation is 2. The highest BCUT2D eigenvalue weighted by Crippen LogP contribution is 2.22. The van der Waals surface area contributed by atoms with Crippen LogP contribution in [0, 0.1) is 13.8 Å². The first-order chi connectivity index (χ1) is 16.9. The van der Waals surface area contributed by atoms with E-state index in [2.05, 4.69) is 18.3 Å². The fourth-order valence-corrected chi connectivity index (χ4v) is 4.51. The van der Waals surface area contributed by atoms with Gasteiger partial charge in [0.1, 0.15) is 6.04 Å². The third-order valence-electron chi connectivity index (χ3n) is 6.04. The molecule has 3 aromatic rings. The van der Waals surface area contributed by atoms with Crippen LogP contribution in [0.3, 0.4) is 0 Å². The summed E-state index contributed by atoms with van der Waals surface area (Å²) < 4.78 is 0. The Hall–Kier alpha value is -3.11. The summed E-state index contributed by atoms with van der Waals surface area (Å²) in [4.78, 5) is 29.0. The number of unbranched alkanes of at least 4 members (excludes halogenated alkanes) is 1. The molecule has 0 fully saturated rings. The van der Waals surface area contributed by atoms with Gasteiger partial charge >= 0.3 is 0 Å². The maximum atomic E-state index is 13.8. The van der Waals surface area contributed by atoms with Crippen molar-refractivity contribution in [3.8, 4) is 0 Å². The number of benzene rings is 3. The van der Waals surface area contributed by atoms with Gasteiger partial charge in [-0.15, -0.1) is 0 Å². The van der Waals surface area contributed by atoms with Crippen LogP contribution in [0.2, 0.25) is 5.02 Å². The monoisotopic (exact) mass is 490 g/mol. The van der Waals surface area contributed by atoms with Crippen LogP contribution in [0.5, 0.6) is 0 Å². The predicted molar refractivity (Wildman–Crippen MR) is 143 cm³/mol. The maximum absolute atomic E-state index is 13.8. The van der Waals surface area contributed by atoms with Gasteiger partial charge in [0.2, 0.25) is 11.8 Å². The van der Waals surface area contributed by atoms with E-state index in [9.17, 15) is 9.59 Å². The van der Waals surface area contributed by atoms with Crippen LogP contribution in [0.15, 0.2) is 72.8 Å². The molecule has 2 amide bonds. The highest BCUT2D eigenvalue weighted by atomic mass is 35.5. The van der Waals surface area contributed by atoms with E-state index in [-0.39, 0.29) is 24.8 Å². The molecule has 0 aliphatic heterocycles. The Kier molecular flexibility index (Phi) is 9.92. The van der Waals surface area contributed by atoms with E-state index < -0.39 is 6.04 Å². The summed E-state index contributed by atoms with van der Waals surface area (Å²) in [6.07, 6.45) is 2.53. The summed E-state index contributed by atoms with van der Waals surface area (Å²) in [6, 6.07) is 22.9. The fraction of sp³-hybridized carbons (Fsp3) is 0.333. The molecule has 0 heterocycles. The van der Waals surface area contributed by atoms with Gasteiger partial charge in [-0.2, -0.15) is 0 Å². The number of halogens is 1. The lowest BCUT2D eigenvalue weighted by Crippen LogP contribution is -2.51. The van der Waals surface area contributed by atoms with E-state index in [0.29, 0.717) is 18.0 Å². The van der Waals surface area contributed by atoms with Gasteiger partial charge in [0, 0.05) is 24.5 Å². The van der Waals surface area contributed by atoms with E-state index in [1.54, 1.807) is 4.90 Å². The predicted octanol–water partition coefficient (Wildman–Crippen LogP) is 6.06. The smallest absolute Gasteiger partial charge is 0.243 e. The molecule has 0 spiro atoms. The number of hydrogen-bond acceptors (Lipinski definition) is 2. The van der Waals surface area contributed by atoms with Crippen LogP contribution in [0.25, 0.3) is 0 Å². The first-order valence-corrected chi connectivity index (χ1v) is 12.7. The zero-order valence-corrected chi connectivity index (χ0v) is 21.6. The van der Waals surface area contributed by atoms with E-state index >= 15 is 0 Å². The molecule has 0 aromatic heterocycles. The van der Waals surface area contributed by atoms with Gasteiger partial charge in [-0.25, -0.2) is 0 Å². The number of nitrogens with one attached hydrogen (secondary N) is 1. The van der Waals surface area contributed by atoms with Crippen LogP contribution in [-0.4, -0.2) is 29.3 Å². The number of rotatable bonds is 11. The first-order valence-electron chi connectivity index (χ1n) is 12.3. The molecule has 1 N–H and O–H groups in total. The van der Waals surface area contributed by atoms with Gasteiger partial charge in [-0.05, 0) is 43.0 Å². The highest BCUT2D eigenvalue weighted by Gasteiger charge is 2.30. The Morgan fingerprint density at radius 2 is 1.57 bits per heavy atom. The molecule has 0 saturated carbocycles. The number of amides is 2. The van der Waals surface area contributed by atoms with Crippen molar-refractivity contribution in [1.29, 1.82) is 0 Å². The van der Waals surface area contributed by atoms with E-state index in [1.165, 1.54) is 0 Å². The fourth-order valence-electron chi connectivity index (χ4n) is 4.32. The summed E-state index contributed by atoms with van der Waals surface area (Å²) in [7, 11) is 0. The molecular formula is C30H35ClN2O2. The van der Waals surface area contributed by atoms with Crippen LogP contribution >= 0.6 is 11.6 Å². The lowest BCUT2D eigenvalue weighted by molar-refractivity contribution is -0.140. The Morgan fingerprint density at radius 3 is 2.23 bits per heavy atom. The van der Waals surface area contributed by atoms with Crippen molar-refractivity contribution in [2.45, 2.75) is 59.0 Å². The molecule has 3 aromatic carbocycles. The highest BCUT2D eigenvalue weighted by molar-refractivity contribution is 6.31. The first kappa shape index (κ1) is 26.5. The summed E-state index contributed by atoms with van der Waals surface area (Å²) in [5.74, 6) is -0.232. The number of carbonyl (C=O) groups is 2. The summed E-state index contributed by atoms with van der Waals surface area (Å²) in [5, 5.41) is 3.64. The minimum Gasteiger partial charge on any atom is -0.354 e. The average Bonchev–Trinajstić information content (AvgIpc) is 2.82. The molecule has 5 heteroatoms. The van der Waals surface area contributed by atoms with Gasteiger partial charge < -0.3 is 10.2 Å². The van der Waals surface area contributed by atoms with Crippen LogP contribution < -0.4 is 5.32 Å². The lowest BCUT2D eigenvalue weighted by atomic mass is 10.00. The van der Waals surface area contributed by atoms with Gasteiger partial charge in [0.25, 0.3) is 0 Å². The largest absolute Gasteiger partial charge is 0.354 e. The number of hydrogen-bond donors (Lipinski definition) is 1. The normalized spacial score (nSPS) is 11.7. The second-order valence-electron chi connectivity index (χ2n) is 9.14. The van der Waals surface area contributed by atoms with E-state index in [0.717, 1.165) is 40.7 Å². The van der Waals surface area contributed by atoms with Crippen LogP contribution in [0.4, 0.5) is 0 Å². The quantitative estimate of drug-likeness (QED) is 0.332. The molecular weight excluding hydrogens is 456 g/mol. The Labute approximate surface area is 214 Å². The molecule has 184 valence electrons. The Balaban J connectivity index is 1.97. The van der Waals surface area contributed by atoms with Crippen molar-refractivity contribution in [2.24, 2.45) is 0 Å². The van der Waals surface area contributed by atoms with Crippen molar-refractivity contribution >= 4 is 23.4 Å². The second kappa shape index (κ2) is 13.1. The zero-order valence-electron chi connectivity index (χ0n) is 20.9.